The van der Waals surface area contributed by atoms with Crippen LogP contribution in [0.25, 0.3) is 0 Å². The Labute approximate surface area is 67.2 Å². The van der Waals surface area contributed by atoms with Crippen LogP contribution in [0.4, 0.5) is 18.9 Å². The number of halogens is 3. The molecule has 0 saturated carbocycles. The molecule has 0 unspecified atom stereocenters. The Bertz CT molecular complexity index is 299. The Morgan fingerprint density at radius 1 is 1.50 bits per heavy atom. The average molecular weight is 176 g/mol. The second-order valence-corrected chi connectivity index (χ2v) is 2.33. The molecule has 12 heavy (non-hydrogen) atoms. The number of nitrogens with two attached hydrogens (primary N) is 1. The Morgan fingerprint density at radius 3 is 2.58 bits per heavy atom. The lowest BCUT2D eigenvalue weighted by molar-refractivity contribution is 0.146. The van der Waals surface area contributed by atoms with Crippen molar-refractivity contribution in [2.24, 2.45) is 0 Å². The molecule has 0 aliphatic carbocycles. The van der Waals surface area contributed by atoms with Crippen LogP contribution in [0.15, 0.2) is 6.07 Å². The van der Waals surface area contributed by atoms with Gasteiger partial charge in [0.1, 0.15) is 11.5 Å². The van der Waals surface area contributed by atoms with Crippen LogP contribution in [0.1, 0.15) is 17.8 Å². The lowest BCUT2D eigenvalue weighted by Crippen LogP contribution is -2.02. The minimum Gasteiger partial charge on any atom is -0.397 e. The maximum absolute atomic E-state index is 12.6. The standard InChI is InChI=1S/C7H7F3N2/c1-3-4(8)2-5(11)6(12-3)7(9)10/h2,7H,11H2,1H3. The zero-order valence-electron chi connectivity index (χ0n) is 6.31. The summed E-state index contributed by atoms with van der Waals surface area (Å²) < 4.78 is 36.8. The van der Waals surface area contributed by atoms with Crippen molar-refractivity contribution in [2.45, 2.75) is 13.3 Å². The topological polar surface area (TPSA) is 38.9 Å². The van der Waals surface area contributed by atoms with Crippen molar-refractivity contribution in [3.05, 3.63) is 23.3 Å². The number of aromatic nitrogens is 1. The van der Waals surface area contributed by atoms with E-state index in [-0.39, 0.29) is 11.4 Å². The van der Waals surface area contributed by atoms with Gasteiger partial charge in [0.25, 0.3) is 6.43 Å². The second-order valence-electron chi connectivity index (χ2n) is 2.33. The first-order valence-corrected chi connectivity index (χ1v) is 3.23. The molecule has 0 spiro atoms. The Hall–Kier alpha value is -1.26. The summed E-state index contributed by atoms with van der Waals surface area (Å²) in [6, 6.07) is 0.851. The number of aryl methyl sites for hydroxylation is 1. The van der Waals surface area contributed by atoms with Gasteiger partial charge in [-0.25, -0.2) is 18.2 Å². The normalized spacial score (nSPS) is 10.8. The minimum absolute atomic E-state index is 0.0699. The van der Waals surface area contributed by atoms with Crippen molar-refractivity contribution in [3.8, 4) is 0 Å². The summed E-state index contributed by atoms with van der Waals surface area (Å²) in [4.78, 5) is 3.32. The lowest BCUT2D eigenvalue weighted by Gasteiger charge is -2.04. The predicted molar refractivity (Wildman–Crippen MR) is 38.3 cm³/mol. The summed E-state index contributed by atoms with van der Waals surface area (Å²) >= 11 is 0. The van der Waals surface area contributed by atoms with Gasteiger partial charge in [-0.2, -0.15) is 0 Å². The van der Waals surface area contributed by atoms with Gasteiger partial charge in [-0.3, -0.25) is 0 Å². The summed E-state index contributed by atoms with van der Waals surface area (Å²) in [5.41, 5.74) is 4.17. The van der Waals surface area contributed by atoms with Crippen LogP contribution in [0.3, 0.4) is 0 Å². The molecule has 0 aromatic carbocycles. The van der Waals surface area contributed by atoms with Crippen LogP contribution in [0.5, 0.6) is 0 Å². The first kappa shape index (κ1) is 8.83. The van der Waals surface area contributed by atoms with E-state index in [4.69, 9.17) is 5.73 Å². The number of hydrogen-bond acceptors (Lipinski definition) is 2. The van der Waals surface area contributed by atoms with Gasteiger partial charge in [-0.15, -0.1) is 0 Å². The predicted octanol–water partition coefficient (Wildman–Crippen LogP) is 2.05. The molecule has 5 heteroatoms. The molecule has 2 N–H and O–H groups in total. The highest BCUT2D eigenvalue weighted by molar-refractivity contribution is 5.44. The molecule has 0 fully saturated rings. The average Bonchev–Trinajstić information content (AvgIpc) is 1.96. The molecule has 0 saturated heterocycles. The van der Waals surface area contributed by atoms with E-state index in [1.54, 1.807) is 0 Å². The Kier molecular flexibility index (Phi) is 2.21. The van der Waals surface area contributed by atoms with Gasteiger partial charge in [0.05, 0.1) is 11.4 Å². The maximum Gasteiger partial charge on any atom is 0.282 e. The molecule has 0 aliphatic rings. The van der Waals surface area contributed by atoms with Crippen molar-refractivity contribution in [1.82, 2.24) is 4.98 Å². The molecular formula is C7H7F3N2. The quantitative estimate of drug-likeness (QED) is 0.711. The van der Waals surface area contributed by atoms with Crippen molar-refractivity contribution < 1.29 is 13.2 Å². The number of nitrogen functional groups attached to an aromatic ring is 1. The first-order valence-electron chi connectivity index (χ1n) is 3.23. The van der Waals surface area contributed by atoms with Crippen molar-refractivity contribution in [3.63, 3.8) is 0 Å². The molecule has 0 amide bonds. The van der Waals surface area contributed by atoms with Crippen LogP contribution in [0, 0.1) is 12.7 Å². The number of rotatable bonds is 1. The molecular weight excluding hydrogens is 169 g/mol. The fraction of sp³-hybridized carbons (Fsp3) is 0.286. The summed E-state index contributed by atoms with van der Waals surface area (Å²) in [5, 5.41) is 0. The van der Waals surface area contributed by atoms with Gasteiger partial charge in [0.2, 0.25) is 0 Å². The fourth-order valence-electron chi connectivity index (χ4n) is 0.788. The van der Waals surface area contributed by atoms with Gasteiger partial charge in [0.15, 0.2) is 0 Å². The number of alkyl halides is 2. The van der Waals surface area contributed by atoms with Gasteiger partial charge in [-0.1, -0.05) is 0 Å². The van der Waals surface area contributed by atoms with E-state index >= 15 is 0 Å². The molecule has 66 valence electrons. The summed E-state index contributed by atoms with van der Waals surface area (Å²) in [6.07, 6.45) is -2.76. The van der Waals surface area contributed by atoms with Crippen LogP contribution in [-0.4, -0.2) is 4.98 Å². The van der Waals surface area contributed by atoms with Gasteiger partial charge in [0, 0.05) is 6.07 Å². The van der Waals surface area contributed by atoms with Gasteiger partial charge in [-0.05, 0) is 6.92 Å². The molecule has 1 aromatic rings. The van der Waals surface area contributed by atoms with Crippen LogP contribution in [-0.2, 0) is 0 Å². The number of hydrogen-bond donors (Lipinski definition) is 1. The summed E-state index contributed by atoms with van der Waals surface area (Å²) in [7, 11) is 0. The zero-order valence-corrected chi connectivity index (χ0v) is 6.31. The van der Waals surface area contributed by atoms with Crippen molar-refractivity contribution >= 4 is 5.69 Å². The zero-order chi connectivity index (χ0) is 9.30. The summed E-state index contributed by atoms with van der Waals surface area (Å²) in [5.74, 6) is -0.670. The third-order valence-corrected chi connectivity index (χ3v) is 1.42. The summed E-state index contributed by atoms with van der Waals surface area (Å²) in [6.45, 7) is 1.31. The monoisotopic (exact) mass is 176 g/mol. The lowest BCUT2D eigenvalue weighted by atomic mass is 10.2. The van der Waals surface area contributed by atoms with E-state index in [0.717, 1.165) is 6.07 Å². The molecule has 0 bridgehead atoms. The fourth-order valence-corrected chi connectivity index (χ4v) is 0.788. The molecule has 1 heterocycles. The molecule has 0 radical (unpaired) electrons. The Morgan fingerprint density at radius 2 is 2.08 bits per heavy atom. The molecule has 2 nitrogen and oxygen atoms in total. The molecule has 0 atom stereocenters. The second kappa shape index (κ2) is 3.00. The highest BCUT2D eigenvalue weighted by atomic mass is 19.3. The van der Waals surface area contributed by atoms with E-state index in [1.165, 1.54) is 6.92 Å². The molecule has 1 aromatic heterocycles. The third kappa shape index (κ3) is 1.49. The van der Waals surface area contributed by atoms with Crippen molar-refractivity contribution in [2.75, 3.05) is 5.73 Å². The molecule has 0 aliphatic heterocycles. The third-order valence-electron chi connectivity index (χ3n) is 1.42. The van der Waals surface area contributed by atoms with E-state index in [1.807, 2.05) is 0 Å². The van der Waals surface area contributed by atoms with Crippen LogP contribution in [0.2, 0.25) is 0 Å². The highest BCUT2D eigenvalue weighted by Crippen LogP contribution is 2.23. The smallest absolute Gasteiger partial charge is 0.282 e. The minimum atomic E-state index is -2.76. The largest absolute Gasteiger partial charge is 0.397 e. The highest BCUT2D eigenvalue weighted by Gasteiger charge is 2.15. The van der Waals surface area contributed by atoms with Crippen molar-refractivity contribution in [1.29, 1.82) is 0 Å². The van der Waals surface area contributed by atoms with E-state index in [2.05, 4.69) is 4.98 Å². The first-order chi connectivity index (χ1) is 5.52. The van der Waals surface area contributed by atoms with E-state index < -0.39 is 17.9 Å². The van der Waals surface area contributed by atoms with E-state index in [9.17, 15) is 13.2 Å². The van der Waals surface area contributed by atoms with Gasteiger partial charge >= 0.3 is 0 Å². The van der Waals surface area contributed by atoms with Crippen LogP contribution >= 0.6 is 0 Å². The maximum atomic E-state index is 12.6. The number of anilines is 1. The number of nitrogens with zero attached hydrogens (tertiary/aromatic N) is 1. The van der Waals surface area contributed by atoms with Gasteiger partial charge < -0.3 is 5.73 Å². The molecule has 1 rings (SSSR count). The SMILES string of the molecule is Cc1nc(C(F)F)c(N)cc1F. The van der Waals surface area contributed by atoms with E-state index in [0.29, 0.717) is 0 Å². The Balaban J connectivity index is 3.23. The van der Waals surface area contributed by atoms with Crippen LogP contribution < -0.4 is 5.73 Å². The number of pyridine rings is 1.